The molecule has 2 aromatic carbocycles. The van der Waals surface area contributed by atoms with Crippen molar-refractivity contribution >= 4 is 56.5 Å². The van der Waals surface area contributed by atoms with E-state index in [1.54, 1.807) is 20.6 Å². The summed E-state index contributed by atoms with van der Waals surface area (Å²) in [6, 6.07) is 15.4. The van der Waals surface area contributed by atoms with E-state index in [4.69, 9.17) is 4.74 Å². The number of halogens is 1. The largest absolute Gasteiger partial charge is 0.461 e. The fourth-order valence-corrected chi connectivity index (χ4v) is 10.7. The second kappa shape index (κ2) is 12.5. The zero-order valence-corrected chi connectivity index (χ0v) is 26.5. The molecular weight excluding hydrogens is 646 g/mol. The van der Waals surface area contributed by atoms with Gasteiger partial charge in [-0.2, -0.15) is 0 Å². The van der Waals surface area contributed by atoms with Gasteiger partial charge in [0.1, 0.15) is 24.8 Å². The summed E-state index contributed by atoms with van der Waals surface area (Å²) in [7, 11) is 0. The van der Waals surface area contributed by atoms with Gasteiger partial charge in [0.2, 0.25) is 11.8 Å². The lowest BCUT2D eigenvalue weighted by molar-refractivity contribution is -0.153. The number of para-hydroxylation sites is 1. The molecule has 12 heteroatoms. The maximum absolute atomic E-state index is 14.9. The summed E-state index contributed by atoms with van der Waals surface area (Å²) in [4.78, 5) is 46.0. The van der Waals surface area contributed by atoms with Gasteiger partial charge in [-0.25, -0.2) is 4.68 Å². The molecule has 0 aliphatic carbocycles. The third kappa shape index (κ3) is 5.06. The van der Waals surface area contributed by atoms with E-state index in [9.17, 15) is 19.5 Å². The van der Waals surface area contributed by atoms with Crippen molar-refractivity contribution in [1.29, 1.82) is 0 Å². The molecule has 44 heavy (non-hydrogen) atoms. The van der Waals surface area contributed by atoms with Crippen LogP contribution in [0, 0.1) is 11.8 Å². The van der Waals surface area contributed by atoms with Gasteiger partial charge < -0.3 is 19.6 Å². The number of aliphatic hydroxyl groups excluding tert-OH is 1. The summed E-state index contributed by atoms with van der Waals surface area (Å²) in [6.45, 7) is 7.51. The first-order valence-electron chi connectivity index (χ1n) is 14.6. The van der Waals surface area contributed by atoms with Crippen molar-refractivity contribution in [3.05, 3.63) is 85.5 Å². The van der Waals surface area contributed by atoms with Crippen molar-refractivity contribution in [3.63, 3.8) is 0 Å². The van der Waals surface area contributed by atoms with Crippen LogP contribution in [0.25, 0.3) is 11.0 Å². The molecule has 2 bridgehead atoms. The number of hydrogen-bond acceptors (Lipinski definition) is 8. The summed E-state index contributed by atoms with van der Waals surface area (Å²) in [6.07, 6.45) is 4.00. The van der Waals surface area contributed by atoms with Gasteiger partial charge in [-0.05, 0) is 30.5 Å². The lowest BCUT2D eigenvalue weighted by atomic mass is 9.71. The number of rotatable bonds is 12. The quantitative estimate of drug-likeness (QED) is 0.176. The zero-order valence-electron chi connectivity index (χ0n) is 24.1. The minimum Gasteiger partial charge on any atom is -0.461 e. The van der Waals surface area contributed by atoms with Gasteiger partial charge in [-0.15, -0.1) is 23.4 Å². The number of aliphatic hydroxyl groups is 1. The molecule has 6 rings (SSSR count). The van der Waals surface area contributed by atoms with E-state index in [0.717, 1.165) is 11.1 Å². The van der Waals surface area contributed by atoms with E-state index in [1.165, 1.54) is 17.8 Å². The van der Waals surface area contributed by atoms with Crippen LogP contribution in [0.4, 0.5) is 0 Å². The zero-order chi connectivity index (χ0) is 31.0. The molecule has 230 valence electrons. The molecule has 1 spiro atoms. The minimum absolute atomic E-state index is 0.0336. The minimum atomic E-state index is -0.942. The molecule has 0 radical (unpaired) electrons. The van der Waals surface area contributed by atoms with Crippen LogP contribution < -0.4 is 0 Å². The SMILES string of the molecule is C=CCOC(=O)[C@H]1[C@@H]2SC3(CC2Br)C(C(=O)N(CC=C)Cn2nnc4ccccc42)N([C@@H](CO)Cc2ccccc2)C(=O)[C@H]13. The molecule has 3 aromatic rings. The van der Waals surface area contributed by atoms with Crippen molar-refractivity contribution in [1.82, 2.24) is 24.8 Å². The molecule has 0 saturated carbocycles. The Bertz CT molecular complexity index is 1590. The molecule has 2 amide bonds. The van der Waals surface area contributed by atoms with E-state index >= 15 is 0 Å². The lowest BCUT2D eigenvalue weighted by Gasteiger charge is -2.39. The standard InChI is InChI=1S/C32H34BrN5O5S/c1-3-14-36(19-37-24-13-9-8-12-23(24)34-35-37)30(41)28-32-17-22(33)27(44-32)25(31(42)43-15-4-2)26(32)29(40)38(28)21(18-39)16-20-10-6-5-7-11-20/h3-13,21-22,25-28,39H,1-2,14-19H2/t21-,22?,25-,26+,27-,28?,32?/m1/s1. The normalized spacial score (nSPS) is 27.7. The fraction of sp³-hybridized carbons (Fsp3) is 0.406. The Balaban J connectivity index is 1.42. The van der Waals surface area contributed by atoms with Gasteiger partial charge in [-0.1, -0.05) is 82.3 Å². The molecule has 3 unspecified atom stereocenters. The highest BCUT2D eigenvalue weighted by molar-refractivity contribution is 9.09. The monoisotopic (exact) mass is 679 g/mol. The van der Waals surface area contributed by atoms with Crippen LogP contribution in [0.15, 0.2) is 79.9 Å². The first kappa shape index (κ1) is 30.5. The number of benzene rings is 2. The predicted molar refractivity (Wildman–Crippen MR) is 171 cm³/mol. The molecule has 3 aliphatic rings. The van der Waals surface area contributed by atoms with E-state index < -0.39 is 34.6 Å². The van der Waals surface area contributed by atoms with Gasteiger partial charge in [0.15, 0.2) is 0 Å². The number of alkyl halides is 1. The first-order chi connectivity index (χ1) is 21.3. The summed E-state index contributed by atoms with van der Waals surface area (Å²) in [5.41, 5.74) is 2.39. The Hall–Kier alpha value is -3.48. The molecule has 10 nitrogen and oxygen atoms in total. The number of nitrogens with zero attached hydrogens (tertiary/aromatic N) is 5. The predicted octanol–water partition coefficient (Wildman–Crippen LogP) is 3.20. The van der Waals surface area contributed by atoms with Crippen LogP contribution >= 0.6 is 27.7 Å². The lowest BCUT2D eigenvalue weighted by Crippen LogP contribution is -2.58. The van der Waals surface area contributed by atoms with Gasteiger partial charge in [0.05, 0.1) is 34.7 Å². The molecule has 1 N–H and O–H groups in total. The molecule has 1 aromatic heterocycles. The number of fused-ring (bicyclic) bond motifs is 2. The summed E-state index contributed by atoms with van der Waals surface area (Å²) in [5.74, 6) is -2.59. The van der Waals surface area contributed by atoms with E-state index in [2.05, 4.69) is 39.4 Å². The van der Waals surface area contributed by atoms with Crippen molar-refractivity contribution < 1.29 is 24.2 Å². The average Bonchev–Trinajstić information content (AvgIpc) is 3.76. The van der Waals surface area contributed by atoms with Gasteiger partial charge >= 0.3 is 5.97 Å². The maximum Gasteiger partial charge on any atom is 0.311 e. The van der Waals surface area contributed by atoms with E-state index in [0.29, 0.717) is 18.4 Å². The van der Waals surface area contributed by atoms with Gasteiger partial charge in [0.25, 0.3) is 0 Å². The smallest absolute Gasteiger partial charge is 0.311 e. The second-order valence-corrected chi connectivity index (χ2v) is 14.1. The fourth-order valence-electron chi connectivity index (χ4n) is 7.11. The Morgan fingerprint density at radius 1 is 1.18 bits per heavy atom. The van der Waals surface area contributed by atoms with Crippen LogP contribution in [0.2, 0.25) is 0 Å². The first-order valence-corrected chi connectivity index (χ1v) is 16.4. The Labute approximate surface area is 268 Å². The van der Waals surface area contributed by atoms with Crippen molar-refractivity contribution in [3.8, 4) is 0 Å². The van der Waals surface area contributed by atoms with Gasteiger partial charge in [-0.3, -0.25) is 14.4 Å². The van der Waals surface area contributed by atoms with Crippen molar-refractivity contribution in [2.45, 2.75) is 46.4 Å². The van der Waals surface area contributed by atoms with Crippen LogP contribution in [0.1, 0.15) is 12.0 Å². The highest BCUT2D eigenvalue weighted by atomic mass is 79.9. The number of likely N-dealkylation sites (tertiary alicyclic amines) is 1. The number of carbonyl (C=O) groups excluding carboxylic acids is 3. The Morgan fingerprint density at radius 3 is 2.66 bits per heavy atom. The number of thioether (sulfide) groups is 1. The van der Waals surface area contributed by atoms with Crippen LogP contribution in [0.5, 0.6) is 0 Å². The van der Waals surface area contributed by atoms with Crippen molar-refractivity contribution in [2.75, 3.05) is 19.8 Å². The van der Waals surface area contributed by atoms with Crippen LogP contribution in [0.3, 0.4) is 0 Å². The Morgan fingerprint density at radius 2 is 1.93 bits per heavy atom. The van der Waals surface area contributed by atoms with Gasteiger partial charge in [0, 0.05) is 16.6 Å². The van der Waals surface area contributed by atoms with Crippen LogP contribution in [-0.4, -0.2) is 94.4 Å². The maximum atomic E-state index is 14.9. The molecule has 3 saturated heterocycles. The molecule has 7 atom stereocenters. The summed E-state index contributed by atoms with van der Waals surface area (Å²) >= 11 is 5.31. The summed E-state index contributed by atoms with van der Waals surface area (Å²) in [5, 5.41) is 19.0. The number of ether oxygens (including phenoxy) is 1. The highest BCUT2D eigenvalue weighted by Gasteiger charge is 2.76. The highest BCUT2D eigenvalue weighted by Crippen LogP contribution is 2.68. The van der Waals surface area contributed by atoms with E-state index in [1.807, 2.05) is 54.6 Å². The second-order valence-electron chi connectivity index (χ2n) is 11.4. The average molecular weight is 681 g/mol. The van der Waals surface area contributed by atoms with Crippen LogP contribution in [-0.2, 0) is 32.2 Å². The summed E-state index contributed by atoms with van der Waals surface area (Å²) < 4.78 is 6.25. The number of aromatic nitrogens is 3. The molecule has 3 aliphatic heterocycles. The Kier molecular flexibility index (Phi) is 8.67. The number of carbonyl (C=O) groups is 3. The topological polar surface area (TPSA) is 118 Å². The molecular formula is C32H34BrN5O5S. The number of hydrogen-bond donors (Lipinski definition) is 1. The third-order valence-corrected chi connectivity index (χ3v) is 12.1. The third-order valence-electron chi connectivity index (χ3n) is 8.88. The molecule has 3 fully saturated rings. The van der Waals surface area contributed by atoms with E-state index in [-0.39, 0.29) is 48.3 Å². The number of esters is 1. The molecule has 4 heterocycles. The van der Waals surface area contributed by atoms with Crippen molar-refractivity contribution in [2.24, 2.45) is 11.8 Å². The number of amides is 2.